The van der Waals surface area contributed by atoms with Crippen molar-refractivity contribution in [1.82, 2.24) is 5.32 Å². The highest BCUT2D eigenvalue weighted by molar-refractivity contribution is 5.31. The first-order valence-corrected chi connectivity index (χ1v) is 7.26. The summed E-state index contributed by atoms with van der Waals surface area (Å²) in [5, 5.41) is 23.5. The third-order valence-corrected chi connectivity index (χ3v) is 4.00. The normalized spacial score (nSPS) is 29.9. The monoisotopic (exact) mass is 279 g/mol. The van der Waals surface area contributed by atoms with Crippen LogP contribution >= 0.6 is 0 Å². The molecule has 0 aliphatic heterocycles. The molecule has 0 heterocycles. The zero-order valence-electron chi connectivity index (χ0n) is 12.4. The van der Waals surface area contributed by atoms with Gasteiger partial charge in [0.25, 0.3) is 0 Å². The van der Waals surface area contributed by atoms with Gasteiger partial charge in [-0.25, -0.2) is 0 Å². The van der Waals surface area contributed by atoms with Gasteiger partial charge in [-0.15, -0.1) is 0 Å². The number of rotatable bonds is 5. The molecule has 1 aromatic carbocycles. The molecular formula is C16H25NO3. The minimum absolute atomic E-state index is 0.0965. The number of aliphatic hydroxyl groups is 2. The van der Waals surface area contributed by atoms with E-state index < -0.39 is 12.2 Å². The fraction of sp³-hybridized carbons (Fsp3) is 0.625. The summed E-state index contributed by atoms with van der Waals surface area (Å²) in [6.07, 6.45) is -0.781. The lowest BCUT2D eigenvalue weighted by Gasteiger charge is -2.25. The average Bonchev–Trinajstić information content (AvgIpc) is 2.72. The standard InChI is InChI=1S/C16H25NO3/c1-10(2)9-17-15-13(8-14(18)16(15)19)11-4-6-12(20-3)7-5-11/h4-7,10,13-19H,8-9H2,1-3H3/t13-,14-,15-,16-/m1/s1. The van der Waals surface area contributed by atoms with Gasteiger partial charge in [-0.1, -0.05) is 26.0 Å². The Balaban J connectivity index is 2.14. The molecule has 112 valence electrons. The van der Waals surface area contributed by atoms with E-state index in [9.17, 15) is 10.2 Å². The minimum atomic E-state index is -0.708. The number of ether oxygens (including phenoxy) is 1. The van der Waals surface area contributed by atoms with E-state index in [0.717, 1.165) is 17.9 Å². The van der Waals surface area contributed by atoms with Crippen molar-refractivity contribution in [3.05, 3.63) is 29.8 Å². The fourth-order valence-corrected chi connectivity index (χ4v) is 2.85. The number of benzene rings is 1. The van der Waals surface area contributed by atoms with Gasteiger partial charge in [-0.3, -0.25) is 0 Å². The number of nitrogens with one attached hydrogen (secondary N) is 1. The molecule has 0 amide bonds. The van der Waals surface area contributed by atoms with E-state index in [4.69, 9.17) is 4.74 Å². The van der Waals surface area contributed by atoms with Gasteiger partial charge in [-0.05, 0) is 36.6 Å². The van der Waals surface area contributed by atoms with Crippen molar-refractivity contribution in [3.63, 3.8) is 0 Å². The Morgan fingerprint density at radius 2 is 1.90 bits per heavy atom. The van der Waals surface area contributed by atoms with E-state index in [0.29, 0.717) is 12.3 Å². The highest BCUT2D eigenvalue weighted by Crippen LogP contribution is 2.36. The maximum atomic E-state index is 10.2. The van der Waals surface area contributed by atoms with E-state index >= 15 is 0 Å². The van der Waals surface area contributed by atoms with Gasteiger partial charge in [0.05, 0.1) is 19.3 Å². The van der Waals surface area contributed by atoms with Crippen molar-refractivity contribution in [3.8, 4) is 5.75 Å². The summed E-state index contributed by atoms with van der Waals surface area (Å²) in [7, 11) is 1.64. The molecule has 1 fully saturated rings. The van der Waals surface area contributed by atoms with Crippen molar-refractivity contribution in [1.29, 1.82) is 0 Å². The Hall–Kier alpha value is -1.10. The number of hydrogen-bond donors (Lipinski definition) is 3. The van der Waals surface area contributed by atoms with E-state index in [2.05, 4.69) is 19.2 Å². The first-order valence-electron chi connectivity index (χ1n) is 7.26. The van der Waals surface area contributed by atoms with Crippen LogP contribution in [0.5, 0.6) is 5.75 Å². The summed E-state index contributed by atoms with van der Waals surface area (Å²) in [5.41, 5.74) is 1.13. The molecule has 0 spiro atoms. The molecule has 4 atom stereocenters. The van der Waals surface area contributed by atoms with Crippen LogP contribution in [0.1, 0.15) is 31.7 Å². The molecule has 4 heteroatoms. The molecule has 1 aromatic rings. The Labute approximate surface area is 120 Å². The van der Waals surface area contributed by atoms with Crippen LogP contribution in [0.25, 0.3) is 0 Å². The second-order valence-electron chi connectivity index (χ2n) is 6.00. The Kier molecular flexibility index (Phi) is 5.02. The van der Waals surface area contributed by atoms with Crippen LogP contribution in [-0.4, -0.2) is 42.1 Å². The lowest BCUT2D eigenvalue weighted by Crippen LogP contribution is -2.43. The molecule has 1 aliphatic rings. The predicted octanol–water partition coefficient (Wildman–Crippen LogP) is 1.52. The predicted molar refractivity (Wildman–Crippen MR) is 79.0 cm³/mol. The van der Waals surface area contributed by atoms with Gasteiger partial charge in [0.2, 0.25) is 0 Å². The second-order valence-corrected chi connectivity index (χ2v) is 6.00. The van der Waals surface area contributed by atoms with Gasteiger partial charge in [0.1, 0.15) is 5.75 Å². The van der Waals surface area contributed by atoms with Crippen LogP contribution in [0, 0.1) is 5.92 Å². The maximum Gasteiger partial charge on any atom is 0.118 e. The molecule has 20 heavy (non-hydrogen) atoms. The first-order chi connectivity index (χ1) is 9.52. The van der Waals surface area contributed by atoms with Gasteiger partial charge in [0.15, 0.2) is 0 Å². The van der Waals surface area contributed by atoms with E-state index in [1.54, 1.807) is 7.11 Å². The van der Waals surface area contributed by atoms with Crippen LogP contribution in [0.15, 0.2) is 24.3 Å². The Bertz CT molecular complexity index is 418. The van der Waals surface area contributed by atoms with Gasteiger partial charge in [0, 0.05) is 12.0 Å². The maximum absolute atomic E-state index is 10.2. The SMILES string of the molecule is COc1ccc([C@H]2C[C@@H](O)[C@@H](O)[C@@H]2NCC(C)C)cc1. The van der Waals surface area contributed by atoms with Crippen LogP contribution in [0.2, 0.25) is 0 Å². The van der Waals surface area contributed by atoms with Crippen molar-refractivity contribution >= 4 is 0 Å². The fourth-order valence-electron chi connectivity index (χ4n) is 2.85. The largest absolute Gasteiger partial charge is 0.497 e. The smallest absolute Gasteiger partial charge is 0.118 e. The van der Waals surface area contributed by atoms with Crippen molar-refractivity contribution in [2.45, 2.75) is 44.4 Å². The molecule has 0 bridgehead atoms. The molecule has 1 aliphatic carbocycles. The zero-order chi connectivity index (χ0) is 14.7. The summed E-state index contributed by atoms with van der Waals surface area (Å²) in [4.78, 5) is 0. The van der Waals surface area contributed by atoms with E-state index in [-0.39, 0.29) is 12.0 Å². The molecule has 4 nitrogen and oxygen atoms in total. The molecule has 2 rings (SSSR count). The summed E-state index contributed by atoms with van der Waals surface area (Å²) >= 11 is 0. The number of hydrogen-bond acceptors (Lipinski definition) is 4. The molecule has 0 unspecified atom stereocenters. The highest BCUT2D eigenvalue weighted by atomic mass is 16.5. The molecule has 0 radical (unpaired) electrons. The van der Waals surface area contributed by atoms with Gasteiger partial charge in [-0.2, -0.15) is 0 Å². The molecule has 3 N–H and O–H groups in total. The molecule has 1 saturated carbocycles. The van der Waals surface area contributed by atoms with Gasteiger partial charge < -0.3 is 20.3 Å². The molecule has 0 saturated heterocycles. The van der Waals surface area contributed by atoms with Crippen molar-refractivity contribution < 1.29 is 14.9 Å². The molecule has 0 aromatic heterocycles. The topological polar surface area (TPSA) is 61.7 Å². The number of methoxy groups -OCH3 is 1. The quantitative estimate of drug-likeness (QED) is 0.765. The lowest BCUT2D eigenvalue weighted by molar-refractivity contribution is 0.0296. The third kappa shape index (κ3) is 3.32. The highest BCUT2D eigenvalue weighted by Gasteiger charge is 2.41. The van der Waals surface area contributed by atoms with E-state index in [1.165, 1.54) is 0 Å². The lowest BCUT2D eigenvalue weighted by atomic mass is 9.93. The zero-order valence-corrected chi connectivity index (χ0v) is 12.4. The van der Waals surface area contributed by atoms with E-state index in [1.807, 2.05) is 24.3 Å². The van der Waals surface area contributed by atoms with Crippen LogP contribution < -0.4 is 10.1 Å². The van der Waals surface area contributed by atoms with Crippen LogP contribution in [-0.2, 0) is 0 Å². The molecular weight excluding hydrogens is 254 g/mol. The Morgan fingerprint density at radius 1 is 1.25 bits per heavy atom. The van der Waals surface area contributed by atoms with Crippen molar-refractivity contribution in [2.24, 2.45) is 5.92 Å². The summed E-state index contributed by atoms with van der Waals surface area (Å²) in [6.45, 7) is 5.10. The third-order valence-electron chi connectivity index (χ3n) is 4.00. The Morgan fingerprint density at radius 3 is 2.45 bits per heavy atom. The summed E-state index contributed by atoms with van der Waals surface area (Å²) in [5.74, 6) is 1.46. The summed E-state index contributed by atoms with van der Waals surface area (Å²) < 4.78 is 5.17. The second kappa shape index (κ2) is 6.57. The summed E-state index contributed by atoms with van der Waals surface area (Å²) in [6, 6.07) is 7.77. The first kappa shape index (κ1) is 15.3. The number of aliphatic hydroxyl groups excluding tert-OH is 2. The average molecular weight is 279 g/mol. The minimum Gasteiger partial charge on any atom is -0.497 e. The van der Waals surface area contributed by atoms with Crippen LogP contribution in [0.4, 0.5) is 0 Å². The van der Waals surface area contributed by atoms with Crippen molar-refractivity contribution in [2.75, 3.05) is 13.7 Å². The van der Waals surface area contributed by atoms with Gasteiger partial charge >= 0.3 is 0 Å². The van der Waals surface area contributed by atoms with Crippen LogP contribution in [0.3, 0.4) is 0 Å².